The van der Waals surface area contributed by atoms with Crippen LogP contribution in [-0.2, 0) is 85.8 Å². The summed E-state index contributed by atoms with van der Waals surface area (Å²) < 4.78 is 64.2. The van der Waals surface area contributed by atoms with Gasteiger partial charge in [-0.1, -0.05) is 26.3 Å². The van der Waals surface area contributed by atoms with Gasteiger partial charge in [0.05, 0.1) is 61.9 Å². The molecule has 2 aromatic carbocycles. The number of carbonyl (C=O) groups is 12. The van der Waals surface area contributed by atoms with Crippen LogP contribution in [0.4, 0.5) is 0 Å². The van der Waals surface area contributed by atoms with Gasteiger partial charge in [-0.3, -0.25) is 28.8 Å². The van der Waals surface area contributed by atoms with E-state index in [1.54, 1.807) is 0 Å². The van der Waals surface area contributed by atoms with Crippen LogP contribution in [-0.4, -0.2) is 124 Å². The first-order valence-electron chi connectivity index (χ1n) is 29.2. The number of hydrogen-bond acceptors (Lipinski definition) is 24. The normalized spacial score (nSPS) is 18.6. The molecular formula is C64H76O24. The zero-order chi connectivity index (χ0) is 64.1. The summed E-state index contributed by atoms with van der Waals surface area (Å²) in [5.41, 5.74) is -0.312. The van der Waals surface area contributed by atoms with E-state index in [1.165, 1.54) is 50.2 Å². The van der Waals surface area contributed by atoms with E-state index in [0.717, 1.165) is 12.2 Å². The SMILES string of the molecule is C=CC(=O)OCCCCOC(=O)[C@H]1CC[C@H](C(=O)Oc2ccc(OC(=O)[C@H]3CC[C@H](C(=O)Oc4ccc(OC(=O)[C@H]5CC[C@H](C(=O)OCCCCOC(=O)C=C)CC5)c(C(=O)OCCOC(=O)C(=C)C)c4)CC3)cc2C(=O)OCCOC(=O)C(=C)C)CC1. The van der Waals surface area contributed by atoms with Gasteiger partial charge >= 0.3 is 71.6 Å². The number of carbonyl (C=O) groups excluding carboxylic acids is 12. The van der Waals surface area contributed by atoms with Crippen LogP contribution in [0.15, 0.2) is 86.0 Å². The van der Waals surface area contributed by atoms with Gasteiger partial charge in [-0.2, -0.15) is 0 Å². The van der Waals surface area contributed by atoms with Crippen molar-refractivity contribution in [2.45, 2.75) is 117 Å². The Balaban J connectivity index is 1.16. The number of benzene rings is 2. The van der Waals surface area contributed by atoms with Gasteiger partial charge in [0.15, 0.2) is 0 Å². The van der Waals surface area contributed by atoms with Crippen molar-refractivity contribution in [1.29, 1.82) is 0 Å². The Hall–Kier alpha value is -8.96. The van der Waals surface area contributed by atoms with Crippen LogP contribution < -0.4 is 18.9 Å². The van der Waals surface area contributed by atoms with Crippen LogP contribution in [0.1, 0.15) is 137 Å². The highest BCUT2D eigenvalue weighted by Crippen LogP contribution is 2.37. The first-order valence-corrected chi connectivity index (χ1v) is 29.2. The predicted molar refractivity (Wildman–Crippen MR) is 307 cm³/mol. The number of rotatable bonds is 32. The van der Waals surface area contributed by atoms with Gasteiger partial charge in [0.2, 0.25) is 0 Å². The fourth-order valence-electron chi connectivity index (χ4n) is 9.51. The summed E-state index contributed by atoms with van der Waals surface area (Å²) in [5, 5.41) is 0. The van der Waals surface area contributed by atoms with Gasteiger partial charge in [0, 0.05) is 23.3 Å². The van der Waals surface area contributed by atoms with Crippen LogP contribution in [0.3, 0.4) is 0 Å². The number of ether oxygens (including phenoxy) is 12. The maximum absolute atomic E-state index is 13.6. The molecule has 0 amide bonds. The van der Waals surface area contributed by atoms with Gasteiger partial charge in [-0.15, -0.1) is 0 Å². The van der Waals surface area contributed by atoms with Crippen molar-refractivity contribution in [3.05, 3.63) is 97.1 Å². The third kappa shape index (κ3) is 23.0. The quantitative estimate of drug-likeness (QED) is 0.0219. The molecule has 0 unspecified atom stereocenters. The highest BCUT2D eigenvalue weighted by Gasteiger charge is 2.36. The average molecular weight is 1230 g/mol. The van der Waals surface area contributed by atoms with E-state index in [2.05, 4.69) is 26.3 Å². The third-order valence-electron chi connectivity index (χ3n) is 14.6. The Morgan fingerprint density at radius 3 is 0.932 bits per heavy atom. The molecular weight excluding hydrogens is 1150 g/mol. The summed E-state index contributed by atoms with van der Waals surface area (Å²) >= 11 is 0. The second-order valence-electron chi connectivity index (χ2n) is 21.2. The summed E-state index contributed by atoms with van der Waals surface area (Å²) in [6.07, 6.45) is 7.33. The zero-order valence-corrected chi connectivity index (χ0v) is 49.7. The van der Waals surface area contributed by atoms with Crippen LogP contribution in [0, 0.1) is 35.5 Å². The Morgan fingerprint density at radius 2 is 0.636 bits per heavy atom. The van der Waals surface area contributed by atoms with Gasteiger partial charge in [0.1, 0.15) is 60.6 Å². The number of unbranched alkanes of at least 4 members (excludes halogenated alkanes) is 2. The molecule has 3 aliphatic carbocycles. The summed E-state index contributed by atoms with van der Waals surface area (Å²) in [6.45, 7) is 15.8. The summed E-state index contributed by atoms with van der Waals surface area (Å²) in [7, 11) is 0. The van der Waals surface area contributed by atoms with Crippen molar-refractivity contribution in [2.24, 2.45) is 35.5 Å². The zero-order valence-electron chi connectivity index (χ0n) is 49.7. The van der Waals surface area contributed by atoms with Crippen molar-refractivity contribution in [1.82, 2.24) is 0 Å². The molecule has 24 heteroatoms. The van der Waals surface area contributed by atoms with Crippen molar-refractivity contribution >= 4 is 71.6 Å². The van der Waals surface area contributed by atoms with E-state index in [4.69, 9.17) is 56.8 Å². The minimum atomic E-state index is -0.995. The van der Waals surface area contributed by atoms with E-state index < -0.39 is 107 Å². The fraction of sp³-hybridized carbons (Fsp3) is 0.500. The minimum absolute atomic E-state index is 0.0966. The molecule has 0 aliphatic heterocycles. The van der Waals surface area contributed by atoms with E-state index in [0.29, 0.717) is 51.4 Å². The second-order valence-corrected chi connectivity index (χ2v) is 21.2. The maximum Gasteiger partial charge on any atom is 0.342 e. The summed E-state index contributed by atoms with van der Waals surface area (Å²) in [4.78, 5) is 153. The van der Waals surface area contributed by atoms with E-state index in [9.17, 15) is 57.5 Å². The number of esters is 12. The Morgan fingerprint density at radius 1 is 0.364 bits per heavy atom. The molecule has 0 aromatic heterocycles. The molecule has 0 atom stereocenters. The topological polar surface area (TPSA) is 316 Å². The predicted octanol–water partition coefficient (Wildman–Crippen LogP) is 8.09. The first-order chi connectivity index (χ1) is 42.2. The summed E-state index contributed by atoms with van der Waals surface area (Å²) in [6, 6.07) is 7.53. The third-order valence-corrected chi connectivity index (χ3v) is 14.6. The molecule has 476 valence electrons. The number of hydrogen-bond donors (Lipinski definition) is 0. The van der Waals surface area contributed by atoms with Crippen molar-refractivity contribution < 1.29 is 114 Å². The molecule has 3 saturated carbocycles. The van der Waals surface area contributed by atoms with E-state index >= 15 is 0 Å². The smallest absolute Gasteiger partial charge is 0.342 e. The lowest BCUT2D eigenvalue weighted by atomic mass is 9.82. The van der Waals surface area contributed by atoms with E-state index in [1.807, 2.05) is 0 Å². The lowest BCUT2D eigenvalue weighted by Crippen LogP contribution is -2.30. The Kier molecular flexibility index (Phi) is 28.8. The van der Waals surface area contributed by atoms with E-state index in [-0.39, 0.29) is 149 Å². The standard InChI is InChI=1S/C64H76O24/c1-7-53(65)77-29-9-11-31-79-57(69)41-13-17-45(18-14-41)61(73)87-51-27-25-47(37-49(51)63(75)83-35-33-81-55(67)39(3)4)85-59(71)43-21-23-44(24-22-43)60(72)86-48-26-28-52(50(38-48)64(76)84-36-34-82-56(68)40(5)6)88-62(74)46-19-15-42(16-20-46)58(70)80-32-12-10-30-78-54(66)8-2/h7-8,25-28,37-38,41-46H,1-3,5,9-24,29-36H2,4,6H3/t41-,42-,43-,44-,45-,46-. The molecule has 2 aromatic rings. The Bertz CT molecular complexity index is 2700. The lowest BCUT2D eigenvalue weighted by Gasteiger charge is -2.26. The highest BCUT2D eigenvalue weighted by molar-refractivity contribution is 5.96. The maximum atomic E-state index is 13.6. The molecule has 0 saturated heterocycles. The lowest BCUT2D eigenvalue weighted by molar-refractivity contribution is -0.152. The molecule has 0 heterocycles. The van der Waals surface area contributed by atoms with Crippen LogP contribution in [0.2, 0.25) is 0 Å². The average Bonchev–Trinajstić information content (AvgIpc) is 3.05. The van der Waals surface area contributed by atoms with Gasteiger partial charge in [-0.05, 0) is 153 Å². The van der Waals surface area contributed by atoms with Crippen molar-refractivity contribution in [2.75, 3.05) is 52.9 Å². The molecule has 0 radical (unpaired) electrons. The van der Waals surface area contributed by atoms with Crippen molar-refractivity contribution in [3.8, 4) is 23.0 Å². The molecule has 3 fully saturated rings. The summed E-state index contributed by atoms with van der Waals surface area (Å²) in [5.74, 6) is -12.2. The monoisotopic (exact) mass is 1230 g/mol. The highest BCUT2D eigenvalue weighted by atomic mass is 16.6. The van der Waals surface area contributed by atoms with Crippen LogP contribution in [0.25, 0.3) is 0 Å². The van der Waals surface area contributed by atoms with Crippen molar-refractivity contribution in [3.63, 3.8) is 0 Å². The molecule has 5 rings (SSSR count). The molecule has 3 aliphatic rings. The first kappa shape index (κ1) is 69.8. The molecule has 0 spiro atoms. The van der Waals surface area contributed by atoms with Crippen LogP contribution >= 0.6 is 0 Å². The minimum Gasteiger partial charge on any atom is -0.465 e. The Labute approximate surface area is 509 Å². The largest absolute Gasteiger partial charge is 0.465 e. The van der Waals surface area contributed by atoms with Gasteiger partial charge in [0.25, 0.3) is 0 Å². The molecule has 0 N–H and O–H groups in total. The molecule has 24 nitrogen and oxygen atoms in total. The second kappa shape index (κ2) is 36.2. The molecule has 0 bridgehead atoms. The van der Waals surface area contributed by atoms with Crippen LogP contribution in [0.5, 0.6) is 23.0 Å². The van der Waals surface area contributed by atoms with Gasteiger partial charge < -0.3 is 56.8 Å². The van der Waals surface area contributed by atoms with Gasteiger partial charge in [-0.25, -0.2) is 28.8 Å². The fourth-order valence-corrected chi connectivity index (χ4v) is 9.51. The molecule has 88 heavy (non-hydrogen) atoms.